The Kier molecular flexibility index (Phi) is 4.63. The molecule has 2 heterocycles. The van der Waals surface area contributed by atoms with Crippen molar-refractivity contribution < 1.29 is 0 Å². The van der Waals surface area contributed by atoms with Crippen LogP contribution in [0.1, 0.15) is 23.8 Å². The number of fused-ring (bicyclic) bond motifs is 1. The number of halogens is 1. The van der Waals surface area contributed by atoms with Crippen LogP contribution in [0.15, 0.2) is 42.6 Å². The highest BCUT2D eigenvalue weighted by molar-refractivity contribution is 7.16. The minimum Gasteiger partial charge on any atom is -0.342 e. The van der Waals surface area contributed by atoms with Gasteiger partial charge in [-0.05, 0) is 42.1 Å². The molecule has 0 bridgehead atoms. The molecule has 1 N–H and O–H groups in total. The third-order valence-electron chi connectivity index (χ3n) is 3.57. The zero-order valence-corrected chi connectivity index (χ0v) is 13.7. The molecule has 2 aromatic heterocycles. The van der Waals surface area contributed by atoms with E-state index in [0.29, 0.717) is 0 Å². The topological polar surface area (TPSA) is 17.0 Å². The van der Waals surface area contributed by atoms with E-state index in [2.05, 4.69) is 53.3 Å². The van der Waals surface area contributed by atoms with Gasteiger partial charge in [0.15, 0.2) is 0 Å². The normalized spacial score (nSPS) is 11.3. The van der Waals surface area contributed by atoms with Crippen molar-refractivity contribution in [3.63, 3.8) is 0 Å². The van der Waals surface area contributed by atoms with Crippen molar-refractivity contribution in [3.8, 4) is 0 Å². The number of hydrogen-bond acceptors (Lipinski definition) is 2. The lowest BCUT2D eigenvalue weighted by Crippen LogP contribution is -2.14. The monoisotopic (exact) mass is 318 g/mol. The number of benzene rings is 1. The van der Waals surface area contributed by atoms with Gasteiger partial charge >= 0.3 is 0 Å². The van der Waals surface area contributed by atoms with Crippen LogP contribution in [0.4, 0.5) is 0 Å². The SMILES string of the molecule is CCCNCc1cccc2ccn(Cc3ccc(Cl)s3)c12. The summed E-state index contributed by atoms with van der Waals surface area (Å²) in [5.41, 5.74) is 2.68. The lowest BCUT2D eigenvalue weighted by atomic mass is 10.1. The van der Waals surface area contributed by atoms with Crippen molar-refractivity contribution in [3.05, 3.63) is 57.4 Å². The first-order chi connectivity index (χ1) is 10.3. The van der Waals surface area contributed by atoms with Gasteiger partial charge in [-0.1, -0.05) is 36.7 Å². The fourth-order valence-electron chi connectivity index (χ4n) is 2.62. The van der Waals surface area contributed by atoms with Crippen molar-refractivity contribution in [1.82, 2.24) is 9.88 Å². The molecule has 0 aliphatic carbocycles. The van der Waals surface area contributed by atoms with Crippen LogP contribution in [0.3, 0.4) is 0 Å². The number of para-hydroxylation sites is 1. The summed E-state index contributed by atoms with van der Waals surface area (Å²) in [7, 11) is 0. The van der Waals surface area contributed by atoms with Crippen LogP contribution in [-0.4, -0.2) is 11.1 Å². The van der Waals surface area contributed by atoms with Crippen LogP contribution in [0, 0.1) is 0 Å². The summed E-state index contributed by atoms with van der Waals surface area (Å²) in [5.74, 6) is 0. The van der Waals surface area contributed by atoms with E-state index in [0.717, 1.165) is 30.4 Å². The second kappa shape index (κ2) is 6.65. The summed E-state index contributed by atoms with van der Waals surface area (Å²) in [5, 5.41) is 4.80. The first kappa shape index (κ1) is 14.6. The van der Waals surface area contributed by atoms with Crippen LogP contribution in [0.2, 0.25) is 4.34 Å². The van der Waals surface area contributed by atoms with Crippen molar-refractivity contribution >= 4 is 33.8 Å². The zero-order valence-electron chi connectivity index (χ0n) is 12.1. The van der Waals surface area contributed by atoms with Gasteiger partial charge in [0.2, 0.25) is 0 Å². The molecule has 110 valence electrons. The number of nitrogens with zero attached hydrogens (tertiary/aromatic N) is 1. The molecule has 2 nitrogen and oxygen atoms in total. The minimum absolute atomic E-state index is 0.853. The van der Waals surface area contributed by atoms with Crippen LogP contribution >= 0.6 is 22.9 Å². The van der Waals surface area contributed by atoms with Gasteiger partial charge in [0.1, 0.15) is 0 Å². The predicted octanol–water partition coefficient (Wildman–Crippen LogP) is 4.90. The Morgan fingerprint density at radius 1 is 1.19 bits per heavy atom. The van der Waals surface area contributed by atoms with E-state index < -0.39 is 0 Å². The molecule has 0 spiro atoms. The van der Waals surface area contributed by atoms with Crippen molar-refractivity contribution in [2.24, 2.45) is 0 Å². The average molecular weight is 319 g/mol. The van der Waals surface area contributed by atoms with E-state index in [4.69, 9.17) is 11.6 Å². The van der Waals surface area contributed by atoms with Crippen molar-refractivity contribution in [2.75, 3.05) is 6.54 Å². The number of thiophene rings is 1. The van der Waals surface area contributed by atoms with Gasteiger partial charge in [-0.25, -0.2) is 0 Å². The van der Waals surface area contributed by atoms with Crippen LogP contribution < -0.4 is 5.32 Å². The fraction of sp³-hybridized carbons (Fsp3) is 0.294. The molecule has 0 saturated carbocycles. The standard InChI is InChI=1S/C17H19ClN2S/c1-2-9-19-11-14-5-3-4-13-8-10-20(17(13)14)12-15-6-7-16(18)21-15/h3-8,10,19H,2,9,11-12H2,1H3. The Balaban J connectivity index is 1.91. The van der Waals surface area contributed by atoms with E-state index >= 15 is 0 Å². The summed E-state index contributed by atoms with van der Waals surface area (Å²) < 4.78 is 3.17. The number of rotatable bonds is 6. The molecule has 21 heavy (non-hydrogen) atoms. The lowest BCUT2D eigenvalue weighted by Gasteiger charge is -2.10. The molecule has 0 aliphatic rings. The molecule has 0 amide bonds. The Hall–Kier alpha value is -1.29. The molecule has 0 saturated heterocycles. The predicted molar refractivity (Wildman–Crippen MR) is 92.4 cm³/mol. The molecule has 0 atom stereocenters. The van der Waals surface area contributed by atoms with Gasteiger partial charge in [-0.2, -0.15) is 0 Å². The first-order valence-corrected chi connectivity index (χ1v) is 8.49. The summed E-state index contributed by atoms with van der Waals surface area (Å²) in [6.45, 7) is 5.04. The molecule has 0 radical (unpaired) electrons. The van der Waals surface area contributed by atoms with Gasteiger partial charge in [-0.3, -0.25) is 0 Å². The van der Waals surface area contributed by atoms with Gasteiger partial charge in [0, 0.05) is 17.6 Å². The Bertz CT molecular complexity index is 729. The molecule has 4 heteroatoms. The first-order valence-electron chi connectivity index (χ1n) is 7.29. The van der Waals surface area contributed by atoms with E-state index in [-0.39, 0.29) is 0 Å². The number of aromatic nitrogens is 1. The van der Waals surface area contributed by atoms with Crippen molar-refractivity contribution in [1.29, 1.82) is 0 Å². The maximum absolute atomic E-state index is 6.03. The van der Waals surface area contributed by atoms with Crippen LogP contribution in [-0.2, 0) is 13.1 Å². The third kappa shape index (κ3) is 3.31. The second-order valence-electron chi connectivity index (χ2n) is 5.18. The van der Waals surface area contributed by atoms with E-state index in [1.165, 1.54) is 21.3 Å². The van der Waals surface area contributed by atoms with Gasteiger partial charge in [-0.15, -0.1) is 11.3 Å². The van der Waals surface area contributed by atoms with Crippen molar-refractivity contribution in [2.45, 2.75) is 26.4 Å². The molecular weight excluding hydrogens is 300 g/mol. The highest BCUT2D eigenvalue weighted by atomic mass is 35.5. The van der Waals surface area contributed by atoms with E-state index in [9.17, 15) is 0 Å². The van der Waals surface area contributed by atoms with Gasteiger partial charge in [0.05, 0.1) is 16.4 Å². The van der Waals surface area contributed by atoms with Gasteiger partial charge in [0.25, 0.3) is 0 Å². The maximum atomic E-state index is 6.03. The Labute approximate surface area is 134 Å². The van der Waals surface area contributed by atoms with E-state index in [1.54, 1.807) is 11.3 Å². The third-order valence-corrected chi connectivity index (χ3v) is 4.79. The average Bonchev–Trinajstić information content (AvgIpc) is 3.07. The van der Waals surface area contributed by atoms with Gasteiger partial charge < -0.3 is 9.88 Å². The maximum Gasteiger partial charge on any atom is 0.0931 e. The minimum atomic E-state index is 0.853. The molecule has 3 rings (SSSR count). The van der Waals surface area contributed by atoms with E-state index in [1.807, 2.05) is 6.07 Å². The Morgan fingerprint density at radius 2 is 2.10 bits per heavy atom. The number of hydrogen-bond donors (Lipinski definition) is 1. The Morgan fingerprint density at radius 3 is 2.86 bits per heavy atom. The second-order valence-corrected chi connectivity index (χ2v) is 6.98. The molecule has 0 aliphatic heterocycles. The lowest BCUT2D eigenvalue weighted by molar-refractivity contribution is 0.675. The van der Waals surface area contributed by atoms with Crippen LogP contribution in [0.5, 0.6) is 0 Å². The summed E-state index contributed by atoms with van der Waals surface area (Å²) in [6, 6.07) is 12.8. The molecule has 1 aromatic carbocycles. The molecule has 0 unspecified atom stereocenters. The highest BCUT2D eigenvalue weighted by Crippen LogP contribution is 2.26. The largest absolute Gasteiger partial charge is 0.342 e. The molecular formula is C17H19ClN2S. The number of nitrogens with one attached hydrogen (secondary N) is 1. The molecule has 0 fully saturated rings. The highest BCUT2D eigenvalue weighted by Gasteiger charge is 2.08. The fourth-order valence-corrected chi connectivity index (χ4v) is 3.71. The smallest absolute Gasteiger partial charge is 0.0931 e. The quantitative estimate of drug-likeness (QED) is 0.639. The molecule has 3 aromatic rings. The zero-order chi connectivity index (χ0) is 14.7. The summed E-state index contributed by atoms with van der Waals surface area (Å²) >= 11 is 7.68. The summed E-state index contributed by atoms with van der Waals surface area (Å²) in [4.78, 5) is 1.29. The van der Waals surface area contributed by atoms with Crippen LogP contribution in [0.25, 0.3) is 10.9 Å². The summed E-state index contributed by atoms with van der Waals surface area (Å²) in [6.07, 6.45) is 3.33.